The van der Waals surface area contributed by atoms with Gasteiger partial charge in [0.05, 0.1) is 14.5 Å². The molecule has 0 unspecified atom stereocenters. The summed E-state index contributed by atoms with van der Waals surface area (Å²) in [6.45, 7) is 1.72. The Morgan fingerprint density at radius 3 is 3.06 bits per heavy atom. The second-order valence-corrected chi connectivity index (χ2v) is 6.47. The van der Waals surface area contributed by atoms with Crippen LogP contribution in [0.4, 0.5) is 16.8 Å². The first kappa shape index (κ1) is 11.9. The van der Waals surface area contributed by atoms with Crippen molar-refractivity contribution in [2.75, 3.05) is 17.6 Å². The average Bonchev–Trinajstić information content (AvgIpc) is 2.74. The molecule has 3 heterocycles. The summed E-state index contributed by atoms with van der Waals surface area (Å²) in [5, 5.41) is 7.67. The molecule has 0 saturated carbocycles. The Balaban J connectivity index is 1.98. The largest absolute Gasteiger partial charge is 0.368 e. The van der Waals surface area contributed by atoms with Gasteiger partial charge in [-0.25, -0.2) is 4.98 Å². The molecule has 0 fully saturated rings. The van der Waals surface area contributed by atoms with Crippen molar-refractivity contribution in [1.29, 1.82) is 0 Å². The van der Waals surface area contributed by atoms with Crippen molar-refractivity contribution in [2.24, 2.45) is 0 Å². The number of halogens is 1. The van der Waals surface area contributed by atoms with Gasteiger partial charge in [-0.2, -0.15) is 4.98 Å². The fourth-order valence-electron chi connectivity index (χ4n) is 1.96. The zero-order valence-electron chi connectivity index (χ0n) is 9.53. The van der Waals surface area contributed by atoms with Gasteiger partial charge in [-0.3, -0.25) is 0 Å². The molecule has 1 aliphatic rings. The highest BCUT2D eigenvalue weighted by Crippen LogP contribution is 2.31. The topological polar surface area (TPSA) is 75.9 Å². The van der Waals surface area contributed by atoms with Crippen LogP contribution < -0.4 is 16.4 Å². The van der Waals surface area contributed by atoms with E-state index in [-0.39, 0.29) is 0 Å². The smallest absolute Gasteiger partial charge is 0.222 e. The van der Waals surface area contributed by atoms with Gasteiger partial charge < -0.3 is 16.4 Å². The van der Waals surface area contributed by atoms with Gasteiger partial charge in [-0.05, 0) is 28.1 Å². The van der Waals surface area contributed by atoms with E-state index < -0.39 is 0 Å². The van der Waals surface area contributed by atoms with Gasteiger partial charge in [0.15, 0.2) is 0 Å². The van der Waals surface area contributed by atoms with Gasteiger partial charge in [0.2, 0.25) is 5.95 Å². The summed E-state index contributed by atoms with van der Waals surface area (Å²) < 4.78 is 1.08. The molecule has 4 N–H and O–H groups in total. The van der Waals surface area contributed by atoms with Gasteiger partial charge in [0.25, 0.3) is 0 Å². The van der Waals surface area contributed by atoms with Crippen molar-refractivity contribution in [3.63, 3.8) is 0 Å². The predicted octanol–water partition coefficient (Wildman–Crippen LogP) is 2.27. The third-order valence-corrected chi connectivity index (χ3v) is 4.30. The van der Waals surface area contributed by atoms with E-state index in [2.05, 4.69) is 36.5 Å². The zero-order chi connectivity index (χ0) is 12.5. The molecule has 18 heavy (non-hydrogen) atoms. The lowest BCUT2D eigenvalue weighted by Gasteiger charge is -2.19. The van der Waals surface area contributed by atoms with Gasteiger partial charge in [-0.15, -0.1) is 11.3 Å². The van der Waals surface area contributed by atoms with E-state index in [1.54, 1.807) is 11.3 Å². The van der Waals surface area contributed by atoms with Crippen LogP contribution in [0.25, 0.3) is 0 Å². The summed E-state index contributed by atoms with van der Waals surface area (Å²) in [5.41, 5.74) is 7.91. The van der Waals surface area contributed by atoms with E-state index in [0.717, 1.165) is 45.4 Å². The van der Waals surface area contributed by atoms with Crippen LogP contribution in [0, 0.1) is 0 Å². The molecule has 1 aliphatic heterocycles. The summed E-state index contributed by atoms with van der Waals surface area (Å²) in [6, 6.07) is 4.01. The SMILES string of the molecule is Nc1nc2c(c(Nc3ccc(Br)s3)n1)CNCC2. The number of hydrogen-bond acceptors (Lipinski definition) is 6. The molecular weight excluding hydrogens is 314 g/mol. The van der Waals surface area contributed by atoms with Crippen LogP contribution >= 0.6 is 27.3 Å². The number of anilines is 3. The Morgan fingerprint density at radius 1 is 1.39 bits per heavy atom. The normalized spacial score (nSPS) is 14.3. The van der Waals surface area contributed by atoms with Crippen molar-refractivity contribution >= 4 is 44.0 Å². The number of nitrogen functional groups attached to an aromatic ring is 1. The maximum atomic E-state index is 5.75. The van der Waals surface area contributed by atoms with Crippen LogP contribution in [0.1, 0.15) is 11.3 Å². The standard InChI is InChI=1S/C11H12BrN5S/c12-8-1-2-9(18-8)16-10-6-5-14-4-3-7(6)15-11(13)17-10/h1-2,14H,3-5H2,(H3,13,15,16,17). The Bertz CT molecular complexity index is 583. The highest BCUT2D eigenvalue weighted by molar-refractivity contribution is 9.11. The Kier molecular flexibility index (Phi) is 3.19. The third kappa shape index (κ3) is 2.33. The molecule has 5 nitrogen and oxygen atoms in total. The van der Waals surface area contributed by atoms with Gasteiger partial charge in [0.1, 0.15) is 5.82 Å². The molecule has 0 saturated heterocycles. The van der Waals surface area contributed by atoms with E-state index in [0.29, 0.717) is 5.95 Å². The van der Waals surface area contributed by atoms with E-state index in [1.165, 1.54) is 0 Å². The highest BCUT2D eigenvalue weighted by Gasteiger charge is 2.17. The van der Waals surface area contributed by atoms with Crippen LogP contribution in [0.5, 0.6) is 0 Å². The van der Waals surface area contributed by atoms with Crippen LogP contribution in [0.2, 0.25) is 0 Å². The Hall–Kier alpha value is -1.18. The predicted molar refractivity (Wildman–Crippen MR) is 77.2 cm³/mol. The molecule has 0 aromatic carbocycles. The summed E-state index contributed by atoms with van der Waals surface area (Å²) >= 11 is 5.07. The Morgan fingerprint density at radius 2 is 2.28 bits per heavy atom. The number of nitrogens with one attached hydrogen (secondary N) is 2. The van der Waals surface area contributed by atoms with Crippen LogP contribution in [0.3, 0.4) is 0 Å². The molecule has 0 spiro atoms. The number of nitrogens with zero attached hydrogens (tertiary/aromatic N) is 2. The van der Waals surface area contributed by atoms with Crippen molar-refractivity contribution in [1.82, 2.24) is 15.3 Å². The first-order valence-electron chi connectivity index (χ1n) is 5.61. The molecule has 0 amide bonds. The minimum atomic E-state index is 0.328. The molecular formula is C11H12BrN5S. The monoisotopic (exact) mass is 325 g/mol. The first-order valence-corrected chi connectivity index (χ1v) is 7.21. The average molecular weight is 326 g/mol. The molecule has 94 valence electrons. The minimum absolute atomic E-state index is 0.328. The summed E-state index contributed by atoms with van der Waals surface area (Å²) in [4.78, 5) is 8.60. The summed E-state index contributed by atoms with van der Waals surface area (Å²) in [7, 11) is 0. The number of thiophene rings is 1. The highest BCUT2D eigenvalue weighted by atomic mass is 79.9. The maximum absolute atomic E-state index is 5.75. The van der Waals surface area contributed by atoms with Crippen molar-refractivity contribution in [3.05, 3.63) is 27.2 Å². The lowest BCUT2D eigenvalue weighted by Crippen LogP contribution is -2.26. The number of hydrogen-bond donors (Lipinski definition) is 3. The van der Waals surface area contributed by atoms with E-state index in [4.69, 9.17) is 5.73 Å². The van der Waals surface area contributed by atoms with Gasteiger partial charge >= 0.3 is 0 Å². The van der Waals surface area contributed by atoms with Crippen LogP contribution in [-0.2, 0) is 13.0 Å². The third-order valence-electron chi connectivity index (χ3n) is 2.77. The first-order chi connectivity index (χ1) is 8.72. The van der Waals surface area contributed by atoms with Crippen LogP contribution in [0.15, 0.2) is 15.9 Å². The van der Waals surface area contributed by atoms with E-state index in [9.17, 15) is 0 Å². The van der Waals surface area contributed by atoms with E-state index in [1.807, 2.05) is 12.1 Å². The molecule has 7 heteroatoms. The van der Waals surface area contributed by atoms with E-state index >= 15 is 0 Å². The number of fused-ring (bicyclic) bond motifs is 1. The lowest BCUT2D eigenvalue weighted by atomic mass is 10.1. The molecule has 0 bridgehead atoms. The molecule has 2 aromatic heterocycles. The summed E-state index contributed by atoms with van der Waals surface area (Å²) in [5.74, 6) is 1.13. The van der Waals surface area contributed by atoms with Gasteiger partial charge in [-0.1, -0.05) is 0 Å². The number of nitrogens with two attached hydrogens (primary N) is 1. The van der Waals surface area contributed by atoms with Crippen molar-refractivity contribution < 1.29 is 0 Å². The van der Waals surface area contributed by atoms with Crippen LogP contribution in [-0.4, -0.2) is 16.5 Å². The Labute approximate surface area is 117 Å². The molecule has 0 atom stereocenters. The molecule has 2 aromatic rings. The fraction of sp³-hybridized carbons (Fsp3) is 0.273. The zero-order valence-corrected chi connectivity index (χ0v) is 11.9. The number of rotatable bonds is 2. The molecule has 0 aliphatic carbocycles. The lowest BCUT2D eigenvalue weighted by molar-refractivity contribution is 0.629. The van der Waals surface area contributed by atoms with Crippen molar-refractivity contribution in [3.8, 4) is 0 Å². The maximum Gasteiger partial charge on any atom is 0.222 e. The second-order valence-electron chi connectivity index (χ2n) is 4.01. The fourth-order valence-corrected chi connectivity index (χ4v) is 3.25. The number of aromatic nitrogens is 2. The molecule has 0 radical (unpaired) electrons. The quantitative estimate of drug-likeness (QED) is 0.789. The van der Waals surface area contributed by atoms with Gasteiger partial charge in [0, 0.05) is 25.1 Å². The van der Waals surface area contributed by atoms with Crippen molar-refractivity contribution in [2.45, 2.75) is 13.0 Å². The molecule has 3 rings (SSSR count). The summed E-state index contributed by atoms with van der Waals surface area (Å²) in [6.07, 6.45) is 0.894. The second kappa shape index (κ2) is 4.83. The minimum Gasteiger partial charge on any atom is -0.368 e.